The molecule has 1 aliphatic carbocycles. The molecule has 2 N–H and O–H groups in total. The third kappa shape index (κ3) is 7.30. The summed E-state index contributed by atoms with van der Waals surface area (Å²) in [5.74, 6) is -1.06. The molecule has 2 rings (SSSR count). The molecule has 5 nitrogen and oxygen atoms in total. The number of carbonyl (C=O) groups is 2. The molecule has 1 saturated carbocycles. The molecule has 2 amide bonds. The van der Waals surface area contributed by atoms with Gasteiger partial charge < -0.3 is 15.4 Å². The minimum absolute atomic E-state index is 0.0462. The predicted octanol–water partition coefficient (Wildman–Crippen LogP) is 3.45. The Morgan fingerprint density at radius 3 is 2.65 bits per heavy atom. The third-order valence-electron chi connectivity index (χ3n) is 4.36. The van der Waals surface area contributed by atoms with Gasteiger partial charge in [-0.05, 0) is 37.5 Å². The van der Waals surface area contributed by atoms with Gasteiger partial charge in [-0.15, -0.1) is 0 Å². The lowest BCUT2D eigenvalue weighted by molar-refractivity contribution is -0.121. The molecule has 0 radical (unpaired) electrons. The first kappa shape index (κ1) is 20.6. The van der Waals surface area contributed by atoms with Crippen molar-refractivity contribution in [3.8, 4) is 0 Å². The SMILES string of the molecule is O=C(CCNC(=O)c1ccc(F)cc1Cl)NCCCOC1CCCCC1. The maximum atomic E-state index is 13.0. The monoisotopic (exact) mass is 384 g/mol. The maximum Gasteiger partial charge on any atom is 0.252 e. The second kappa shape index (κ2) is 11.1. The fraction of sp³-hybridized carbons (Fsp3) is 0.579. The van der Waals surface area contributed by atoms with E-state index in [9.17, 15) is 14.0 Å². The molecule has 0 bridgehead atoms. The highest BCUT2D eigenvalue weighted by atomic mass is 35.5. The molecular formula is C19H26ClFN2O3. The second-order valence-electron chi connectivity index (χ2n) is 6.46. The van der Waals surface area contributed by atoms with Crippen molar-refractivity contribution in [3.05, 3.63) is 34.6 Å². The molecular weight excluding hydrogens is 359 g/mol. The van der Waals surface area contributed by atoms with Crippen LogP contribution < -0.4 is 10.6 Å². The Kier molecular flexibility index (Phi) is 8.85. The van der Waals surface area contributed by atoms with Crippen LogP contribution >= 0.6 is 11.6 Å². The quantitative estimate of drug-likeness (QED) is 0.641. The maximum absolute atomic E-state index is 13.0. The normalized spacial score (nSPS) is 14.8. The fourth-order valence-electron chi connectivity index (χ4n) is 2.93. The number of carbonyl (C=O) groups excluding carboxylic acids is 2. The van der Waals surface area contributed by atoms with Crippen molar-refractivity contribution in [1.29, 1.82) is 0 Å². The molecule has 0 aliphatic heterocycles. The van der Waals surface area contributed by atoms with Gasteiger partial charge in [0.2, 0.25) is 5.91 Å². The van der Waals surface area contributed by atoms with Gasteiger partial charge in [-0.1, -0.05) is 30.9 Å². The molecule has 26 heavy (non-hydrogen) atoms. The Morgan fingerprint density at radius 2 is 1.92 bits per heavy atom. The molecule has 0 unspecified atom stereocenters. The van der Waals surface area contributed by atoms with E-state index in [0.29, 0.717) is 19.3 Å². The van der Waals surface area contributed by atoms with Crippen LogP contribution in [0.2, 0.25) is 5.02 Å². The van der Waals surface area contributed by atoms with E-state index in [2.05, 4.69) is 10.6 Å². The van der Waals surface area contributed by atoms with Crippen molar-refractivity contribution in [2.24, 2.45) is 0 Å². The van der Waals surface area contributed by atoms with Crippen molar-refractivity contribution >= 4 is 23.4 Å². The van der Waals surface area contributed by atoms with Crippen molar-refractivity contribution in [2.45, 2.75) is 51.0 Å². The van der Waals surface area contributed by atoms with Crippen LogP contribution in [0.25, 0.3) is 0 Å². The molecule has 0 aromatic heterocycles. The van der Waals surface area contributed by atoms with Crippen LogP contribution in [0.15, 0.2) is 18.2 Å². The molecule has 0 spiro atoms. The van der Waals surface area contributed by atoms with E-state index < -0.39 is 11.7 Å². The van der Waals surface area contributed by atoms with Crippen molar-refractivity contribution in [1.82, 2.24) is 10.6 Å². The van der Waals surface area contributed by atoms with Gasteiger partial charge in [0.15, 0.2) is 0 Å². The first-order chi connectivity index (χ1) is 12.6. The van der Waals surface area contributed by atoms with E-state index in [0.717, 1.165) is 25.3 Å². The van der Waals surface area contributed by atoms with Crippen LogP contribution in [0, 0.1) is 5.82 Å². The zero-order valence-corrected chi connectivity index (χ0v) is 15.6. The lowest BCUT2D eigenvalue weighted by Crippen LogP contribution is -2.31. The predicted molar refractivity (Wildman–Crippen MR) is 98.8 cm³/mol. The van der Waals surface area contributed by atoms with Gasteiger partial charge in [0, 0.05) is 26.1 Å². The number of halogens is 2. The standard InChI is InChI=1S/C19H26ClFN2O3/c20-17-13-14(21)7-8-16(17)19(25)23-11-9-18(24)22-10-4-12-26-15-5-2-1-3-6-15/h7-8,13,15H,1-6,9-12H2,(H,22,24)(H,23,25). The molecule has 0 saturated heterocycles. The Hall–Kier alpha value is -1.66. The smallest absolute Gasteiger partial charge is 0.252 e. The van der Waals surface area contributed by atoms with Gasteiger partial charge in [0.25, 0.3) is 5.91 Å². The summed E-state index contributed by atoms with van der Waals surface area (Å²) in [7, 11) is 0. The Bertz CT molecular complexity index is 606. The highest BCUT2D eigenvalue weighted by molar-refractivity contribution is 6.33. The van der Waals surface area contributed by atoms with E-state index >= 15 is 0 Å². The van der Waals surface area contributed by atoms with Gasteiger partial charge in [0.1, 0.15) is 5.82 Å². The molecule has 1 aliphatic rings. The van der Waals surface area contributed by atoms with E-state index in [1.807, 2.05) is 0 Å². The van der Waals surface area contributed by atoms with Crippen LogP contribution in [-0.4, -0.2) is 37.6 Å². The summed E-state index contributed by atoms with van der Waals surface area (Å²) in [6.07, 6.45) is 7.42. The average Bonchev–Trinajstić information content (AvgIpc) is 2.62. The summed E-state index contributed by atoms with van der Waals surface area (Å²) < 4.78 is 18.8. The highest BCUT2D eigenvalue weighted by Crippen LogP contribution is 2.20. The van der Waals surface area contributed by atoms with Crippen LogP contribution in [-0.2, 0) is 9.53 Å². The number of nitrogens with one attached hydrogen (secondary N) is 2. The molecule has 0 heterocycles. The molecule has 1 aromatic rings. The summed E-state index contributed by atoms with van der Waals surface area (Å²) in [6, 6.07) is 3.57. The largest absolute Gasteiger partial charge is 0.378 e. The summed E-state index contributed by atoms with van der Waals surface area (Å²) in [4.78, 5) is 23.7. The summed E-state index contributed by atoms with van der Waals surface area (Å²) in [5, 5.41) is 5.46. The Balaban J connectivity index is 1.53. The first-order valence-electron chi connectivity index (χ1n) is 9.18. The number of hydrogen-bond acceptors (Lipinski definition) is 3. The Morgan fingerprint density at radius 1 is 1.15 bits per heavy atom. The van der Waals surface area contributed by atoms with Crippen molar-refractivity contribution < 1.29 is 18.7 Å². The van der Waals surface area contributed by atoms with Crippen LogP contribution in [0.4, 0.5) is 4.39 Å². The number of amides is 2. The van der Waals surface area contributed by atoms with Gasteiger partial charge in [0.05, 0.1) is 16.7 Å². The van der Waals surface area contributed by atoms with Crippen LogP contribution in [0.3, 0.4) is 0 Å². The van der Waals surface area contributed by atoms with E-state index in [1.165, 1.54) is 31.4 Å². The topological polar surface area (TPSA) is 67.4 Å². The zero-order chi connectivity index (χ0) is 18.8. The lowest BCUT2D eigenvalue weighted by Gasteiger charge is -2.21. The number of rotatable bonds is 9. The summed E-state index contributed by atoms with van der Waals surface area (Å²) >= 11 is 5.83. The van der Waals surface area contributed by atoms with E-state index in [1.54, 1.807) is 0 Å². The molecule has 1 fully saturated rings. The highest BCUT2D eigenvalue weighted by Gasteiger charge is 2.13. The van der Waals surface area contributed by atoms with Gasteiger partial charge in [-0.3, -0.25) is 9.59 Å². The molecule has 0 atom stereocenters. The molecule has 1 aromatic carbocycles. The summed E-state index contributed by atoms with van der Waals surface area (Å²) in [5.41, 5.74) is 0.188. The van der Waals surface area contributed by atoms with Gasteiger partial charge in [-0.2, -0.15) is 0 Å². The zero-order valence-electron chi connectivity index (χ0n) is 14.9. The van der Waals surface area contributed by atoms with Gasteiger partial charge >= 0.3 is 0 Å². The second-order valence-corrected chi connectivity index (χ2v) is 6.87. The summed E-state index contributed by atoms with van der Waals surface area (Å²) in [6.45, 7) is 1.41. The average molecular weight is 385 g/mol. The van der Waals surface area contributed by atoms with Crippen molar-refractivity contribution in [2.75, 3.05) is 19.7 Å². The Labute approximate surface area is 158 Å². The number of hydrogen-bond donors (Lipinski definition) is 2. The molecule has 7 heteroatoms. The van der Waals surface area contributed by atoms with Crippen LogP contribution in [0.1, 0.15) is 55.3 Å². The first-order valence-corrected chi connectivity index (χ1v) is 9.55. The van der Waals surface area contributed by atoms with Crippen LogP contribution in [0.5, 0.6) is 0 Å². The lowest BCUT2D eigenvalue weighted by atomic mass is 9.98. The molecule has 144 valence electrons. The number of benzene rings is 1. The number of ether oxygens (including phenoxy) is 1. The third-order valence-corrected chi connectivity index (χ3v) is 4.68. The van der Waals surface area contributed by atoms with Gasteiger partial charge in [-0.25, -0.2) is 4.39 Å². The van der Waals surface area contributed by atoms with Crippen molar-refractivity contribution in [3.63, 3.8) is 0 Å². The van der Waals surface area contributed by atoms with E-state index in [4.69, 9.17) is 16.3 Å². The minimum Gasteiger partial charge on any atom is -0.378 e. The van der Waals surface area contributed by atoms with E-state index in [-0.39, 0.29) is 29.5 Å². The fourth-order valence-corrected chi connectivity index (χ4v) is 3.18. The minimum atomic E-state index is -0.501.